The van der Waals surface area contributed by atoms with Crippen LogP contribution in [-0.4, -0.2) is 16.9 Å². The van der Waals surface area contributed by atoms with E-state index in [0.717, 1.165) is 12.1 Å². The van der Waals surface area contributed by atoms with Crippen molar-refractivity contribution in [2.75, 3.05) is 0 Å². The molecule has 0 saturated carbocycles. The first kappa shape index (κ1) is 16.4. The predicted octanol–water partition coefficient (Wildman–Crippen LogP) is 2.64. The van der Waals surface area contributed by atoms with Crippen molar-refractivity contribution >= 4 is 23.1 Å². The first-order valence-corrected chi connectivity index (χ1v) is 6.05. The number of hydrogen-bond acceptors (Lipinski definition) is 2. The van der Waals surface area contributed by atoms with Crippen molar-refractivity contribution in [3.05, 3.63) is 35.1 Å². The van der Waals surface area contributed by atoms with Crippen molar-refractivity contribution in [2.45, 2.75) is 25.6 Å². The molecule has 3 N–H and O–H groups in total. The van der Waals surface area contributed by atoms with Crippen LogP contribution in [0.4, 0.5) is 17.6 Å². The Balaban J connectivity index is 3.09. The fourth-order valence-corrected chi connectivity index (χ4v) is 1.76. The number of thiocarbonyl (C=S) groups is 1. The van der Waals surface area contributed by atoms with E-state index in [0.29, 0.717) is 12.5 Å². The number of alkyl halides is 3. The summed E-state index contributed by atoms with van der Waals surface area (Å²) < 4.78 is 51.3. The number of hydrogen-bond donors (Lipinski definition) is 2. The molecule has 0 saturated heterocycles. The lowest BCUT2D eigenvalue weighted by Gasteiger charge is -2.16. The maximum Gasteiger partial charge on any atom is 0.419 e. The molecule has 1 aromatic carbocycles. The van der Waals surface area contributed by atoms with Crippen LogP contribution in [0.5, 0.6) is 0 Å². The van der Waals surface area contributed by atoms with Gasteiger partial charge in [-0.3, -0.25) is 4.79 Å². The molecular formula is C12H12F4N2OS. The van der Waals surface area contributed by atoms with E-state index < -0.39 is 35.1 Å². The summed E-state index contributed by atoms with van der Waals surface area (Å²) in [5, 5.41) is 2.29. The van der Waals surface area contributed by atoms with Gasteiger partial charge in [0.05, 0.1) is 22.2 Å². The van der Waals surface area contributed by atoms with Crippen LogP contribution >= 0.6 is 12.2 Å². The van der Waals surface area contributed by atoms with Gasteiger partial charge in [-0.25, -0.2) is 4.39 Å². The van der Waals surface area contributed by atoms with E-state index in [1.54, 1.807) is 6.92 Å². The molecule has 3 nitrogen and oxygen atoms in total. The summed E-state index contributed by atoms with van der Waals surface area (Å²) in [6.45, 7) is 1.67. The van der Waals surface area contributed by atoms with Crippen molar-refractivity contribution in [3.8, 4) is 0 Å². The van der Waals surface area contributed by atoms with E-state index in [1.165, 1.54) is 0 Å². The van der Waals surface area contributed by atoms with Gasteiger partial charge in [0, 0.05) is 0 Å². The van der Waals surface area contributed by atoms with Gasteiger partial charge in [0.2, 0.25) is 0 Å². The highest BCUT2D eigenvalue weighted by atomic mass is 32.1. The van der Waals surface area contributed by atoms with Crippen molar-refractivity contribution in [2.24, 2.45) is 5.73 Å². The Kier molecular flexibility index (Phi) is 5.04. The average Bonchev–Trinajstić information content (AvgIpc) is 2.34. The van der Waals surface area contributed by atoms with Crippen LogP contribution in [0.3, 0.4) is 0 Å². The minimum Gasteiger partial charge on any atom is -0.392 e. The Labute approximate surface area is 118 Å². The minimum atomic E-state index is -4.87. The molecule has 0 aliphatic rings. The number of nitrogens with one attached hydrogen (secondary N) is 1. The van der Waals surface area contributed by atoms with Crippen LogP contribution in [0.2, 0.25) is 0 Å². The molecule has 1 amide bonds. The second-order valence-corrected chi connectivity index (χ2v) is 4.47. The number of halogens is 4. The van der Waals surface area contributed by atoms with Gasteiger partial charge in [-0.2, -0.15) is 13.2 Å². The van der Waals surface area contributed by atoms with E-state index in [9.17, 15) is 22.4 Å². The zero-order valence-electron chi connectivity index (χ0n) is 10.4. The third-order valence-electron chi connectivity index (χ3n) is 2.61. The van der Waals surface area contributed by atoms with Crippen LogP contribution in [-0.2, 0) is 6.18 Å². The molecule has 0 radical (unpaired) electrons. The molecule has 1 rings (SSSR count). The maximum atomic E-state index is 13.7. The lowest BCUT2D eigenvalue weighted by molar-refractivity contribution is -0.140. The highest BCUT2D eigenvalue weighted by Gasteiger charge is 2.35. The molecule has 110 valence electrons. The van der Waals surface area contributed by atoms with Crippen LogP contribution in [0.1, 0.15) is 29.3 Å². The molecule has 1 atom stereocenters. The van der Waals surface area contributed by atoms with Crippen LogP contribution in [0.25, 0.3) is 0 Å². The number of rotatable bonds is 4. The number of nitrogens with two attached hydrogens (primary N) is 1. The Hall–Kier alpha value is -1.70. The van der Waals surface area contributed by atoms with E-state index in [4.69, 9.17) is 18.0 Å². The molecule has 0 spiro atoms. The van der Waals surface area contributed by atoms with Gasteiger partial charge in [0.25, 0.3) is 5.91 Å². The van der Waals surface area contributed by atoms with E-state index in [2.05, 4.69) is 5.32 Å². The number of amides is 1. The third kappa shape index (κ3) is 3.66. The molecule has 0 aliphatic carbocycles. The van der Waals surface area contributed by atoms with Crippen molar-refractivity contribution in [1.82, 2.24) is 5.32 Å². The predicted molar refractivity (Wildman–Crippen MR) is 69.7 cm³/mol. The first-order chi connectivity index (χ1) is 9.18. The average molecular weight is 308 g/mol. The van der Waals surface area contributed by atoms with Crippen molar-refractivity contribution in [3.63, 3.8) is 0 Å². The first-order valence-electron chi connectivity index (χ1n) is 5.64. The largest absolute Gasteiger partial charge is 0.419 e. The Morgan fingerprint density at radius 2 is 2.05 bits per heavy atom. The lowest BCUT2D eigenvalue weighted by Crippen LogP contribution is -2.43. The van der Waals surface area contributed by atoms with Gasteiger partial charge in [-0.1, -0.05) is 25.2 Å². The molecule has 8 heteroatoms. The van der Waals surface area contributed by atoms with E-state index in [-0.39, 0.29) is 4.99 Å². The second kappa shape index (κ2) is 6.17. The lowest BCUT2D eigenvalue weighted by atomic mass is 10.1. The molecule has 0 aliphatic heterocycles. The van der Waals surface area contributed by atoms with E-state index in [1.807, 2.05) is 0 Å². The summed E-state index contributed by atoms with van der Waals surface area (Å²) in [7, 11) is 0. The zero-order chi connectivity index (χ0) is 15.5. The van der Waals surface area contributed by atoms with Gasteiger partial charge >= 0.3 is 6.18 Å². The molecule has 0 bridgehead atoms. The third-order valence-corrected chi connectivity index (χ3v) is 2.89. The normalized spacial score (nSPS) is 12.8. The fourth-order valence-electron chi connectivity index (χ4n) is 1.54. The van der Waals surface area contributed by atoms with Gasteiger partial charge < -0.3 is 11.1 Å². The molecule has 0 fully saturated rings. The minimum absolute atomic E-state index is 0.0202. The zero-order valence-corrected chi connectivity index (χ0v) is 11.2. The van der Waals surface area contributed by atoms with Crippen LogP contribution < -0.4 is 11.1 Å². The standard InChI is InChI=1S/C12H12F4N2OS/c1-2-8(10(17)20)18-11(19)6-4-3-5-7(9(6)13)12(14,15)16/h3-5,8H,2H2,1H3,(H2,17,20)(H,18,19). The number of carbonyl (C=O) groups excluding carboxylic acids is 1. The number of carbonyl (C=O) groups is 1. The Morgan fingerprint density at radius 1 is 1.45 bits per heavy atom. The maximum absolute atomic E-state index is 13.7. The topological polar surface area (TPSA) is 55.1 Å². The fraction of sp³-hybridized carbons (Fsp3) is 0.333. The van der Waals surface area contributed by atoms with Crippen molar-refractivity contribution < 1.29 is 22.4 Å². The highest BCUT2D eigenvalue weighted by molar-refractivity contribution is 7.80. The SMILES string of the molecule is CCC(NC(=O)c1cccc(C(F)(F)F)c1F)C(N)=S. The summed E-state index contributed by atoms with van der Waals surface area (Å²) >= 11 is 4.69. The van der Waals surface area contributed by atoms with E-state index >= 15 is 0 Å². The smallest absolute Gasteiger partial charge is 0.392 e. The summed E-state index contributed by atoms with van der Waals surface area (Å²) in [6.07, 6.45) is -4.52. The second-order valence-electron chi connectivity index (χ2n) is 4.00. The van der Waals surface area contributed by atoms with Crippen LogP contribution in [0.15, 0.2) is 18.2 Å². The molecule has 1 aromatic rings. The summed E-state index contributed by atoms with van der Waals surface area (Å²) in [5.41, 5.74) is 3.16. The van der Waals surface area contributed by atoms with Gasteiger partial charge in [0.1, 0.15) is 5.82 Å². The molecule has 0 heterocycles. The van der Waals surface area contributed by atoms with Gasteiger partial charge in [-0.15, -0.1) is 0 Å². The number of benzene rings is 1. The Bertz CT molecular complexity index is 531. The summed E-state index contributed by atoms with van der Waals surface area (Å²) in [6, 6.07) is 1.79. The van der Waals surface area contributed by atoms with Crippen LogP contribution in [0, 0.1) is 5.82 Å². The summed E-state index contributed by atoms with van der Waals surface area (Å²) in [4.78, 5) is 11.8. The molecular weight excluding hydrogens is 296 g/mol. The van der Waals surface area contributed by atoms with Gasteiger partial charge in [0.15, 0.2) is 0 Å². The monoisotopic (exact) mass is 308 g/mol. The highest BCUT2D eigenvalue weighted by Crippen LogP contribution is 2.32. The van der Waals surface area contributed by atoms with Gasteiger partial charge in [-0.05, 0) is 18.6 Å². The molecule has 20 heavy (non-hydrogen) atoms. The quantitative estimate of drug-likeness (QED) is 0.664. The Morgan fingerprint density at radius 3 is 2.50 bits per heavy atom. The van der Waals surface area contributed by atoms with Crippen molar-refractivity contribution in [1.29, 1.82) is 0 Å². The molecule has 0 aromatic heterocycles. The summed E-state index contributed by atoms with van der Waals surface area (Å²) in [5.74, 6) is -2.61. The molecule has 1 unspecified atom stereocenters.